The summed E-state index contributed by atoms with van der Waals surface area (Å²) in [6, 6.07) is 11.3. The number of nitro groups is 1. The number of nitro benzene ring substituents is 1. The lowest BCUT2D eigenvalue weighted by atomic mass is 10.2. The molecule has 0 atom stereocenters. The maximum Gasteiger partial charge on any atom is 0.291 e. The van der Waals surface area contributed by atoms with Crippen LogP contribution in [0.15, 0.2) is 47.3 Å². The lowest BCUT2D eigenvalue weighted by molar-refractivity contribution is -0.384. The maximum atomic E-state index is 12.7. The second-order valence-corrected chi connectivity index (χ2v) is 6.98. The number of methoxy groups -OCH3 is 2. The van der Waals surface area contributed by atoms with E-state index in [1.54, 1.807) is 43.5 Å². The van der Waals surface area contributed by atoms with Crippen LogP contribution in [0.1, 0.15) is 5.56 Å². The van der Waals surface area contributed by atoms with Gasteiger partial charge >= 0.3 is 0 Å². The van der Waals surface area contributed by atoms with E-state index in [9.17, 15) is 14.9 Å². The molecule has 0 amide bonds. The van der Waals surface area contributed by atoms with Gasteiger partial charge in [-0.25, -0.2) is 0 Å². The van der Waals surface area contributed by atoms with E-state index in [1.807, 2.05) is 0 Å². The molecule has 0 saturated carbocycles. The molecule has 0 spiro atoms. The molecule has 9 nitrogen and oxygen atoms in total. The number of fused-ring (bicyclic) bond motifs is 1. The third kappa shape index (κ3) is 3.41. The first-order valence-corrected chi connectivity index (χ1v) is 9.20. The molecule has 0 bridgehead atoms. The van der Waals surface area contributed by atoms with E-state index in [0.717, 1.165) is 11.3 Å². The van der Waals surface area contributed by atoms with Gasteiger partial charge in [0.25, 0.3) is 11.2 Å². The summed E-state index contributed by atoms with van der Waals surface area (Å²) >= 11 is 1.16. The van der Waals surface area contributed by atoms with Crippen LogP contribution in [-0.4, -0.2) is 33.7 Å². The van der Waals surface area contributed by atoms with Gasteiger partial charge in [0.2, 0.25) is 4.96 Å². The minimum absolute atomic E-state index is 0.0404. The number of rotatable bonds is 5. The summed E-state index contributed by atoms with van der Waals surface area (Å²) in [6.45, 7) is 0. The van der Waals surface area contributed by atoms with Crippen LogP contribution in [0.5, 0.6) is 11.5 Å². The Morgan fingerprint density at radius 3 is 2.62 bits per heavy atom. The zero-order chi connectivity index (χ0) is 20.5. The molecule has 2 heterocycles. The molecule has 0 radical (unpaired) electrons. The minimum atomic E-state index is -0.479. The number of hydrogen-bond acceptors (Lipinski definition) is 8. The summed E-state index contributed by atoms with van der Waals surface area (Å²) in [7, 11) is 3.08. The highest BCUT2D eigenvalue weighted by Crippen LogP contribution is 2.31. The first-order valence-electron chi connectivity index (χ1n) is 8.38. The van der Waals surface area contributed by atoms with E-state index in [4.69, 9.17) is 9.47 Å². The SMILES string of the molecule is COc1ccc(-c2nc3s/c(=C\c4cccc([N+](=O)[O-])c4)c(=O)n3n2)cc1OC. The molecule has 0 aliphatic heterocycles. The van der Waals surface area contributed by atoms with Crippen LogP contribution in [0.4, 0.5) is 5.69 Å². The Morgan fingerprint density at radius 2 is 1.93 bits per heavy atom. The Hall–Kier alpha value is -3.79. The Morgan fingerprint density at radius 1 is 1.14 bits per heavy atom. The first-order chi connectivity index (χ1) is 14.0. The fourth-order valence-corrected chi connectivity index (χ4v) is 3.72. The zero-order valence-corrected chi connectivity index (χ0v) is 16.2. The number of hydrogen-bond donors (Lipinski definition) is 0. The summed E-state index contributed by atoms with van der Waals surface area (Å²) in [6.07, 6.45) is 1.59. The van der Waals surface area contributed by atoms with Crippen molar-refractivity contribution < 1.29 is 14.4 Å². The second kappa shape index (κ2) is 7.32. The Bertz CT molecular complexity index is 1340. The highest BCUT2D eigenvalue weighted by atomic mass is 32.1. The van der Waals surface area contributed by atoms with E-state index in [-0.39, 0.29) is 11.2 Å². The Balaban J connectivity index is 1.76. The fraction of sp³-hybridized carbons (Fsp3) is 0.105. The Labute approximate surface area is 167 Å². The molecule has 146 valence electrons. The highest BCUT2D eigenvalue weighted by Gasteiger charge is 2.14. The van der Waals surface area contributed by atoms with Crippen molar-refractivity contribution in [3.63, 3.8) is 0 Å². The van der Waals surface area contributed by atoms with Gasteiger partial charge in [-0.3, -0.25) is 14.9 Å². The molecule has 4 aromatic rings. The molecule has 0 unspecified atom stereocenters. The lowest BCUT2D eigenvalue weighted by Crippen LogP contribution is -2.23. The molecule has 0 N–H and O–H groups in total. The van der Waals surface area contributed by atoms with Gasteiger partial charge in [-0.05, 0) is 29.8 Å². The summed E-state index contributed by atoms with van der Waals surface area (Å²) in [4.78, 5) is 28.0. The van der Waals surface area contributed by atoms with Crippen LogP contribution in [0.3, 0.4) is 0 Å². The van der Waals surface area contributed by atoms with Crippen LogP contribution in [0, 0.1) is 10.1 Å². The molecule has 2 aromatic carbocycles. The van der Waals surface area contributed by atoms with E-state index in [1.165, 1.54) is 23.8 Å². The van der Waals surface area contributed by atoms with Crippen molar-refractivity contribution in [2.75, 3.05) is 14.2 Å². The largest absolute Gasteiger partial charge is 0.493 e. The van der Waals surface area contributed by atoms with Gasteiger partial charge in [0.1, 0.15) is 0 Å². The molecule has 2 aromatic heterocycles. The van der Waals surface area contributed by atoms with Crippen molar-refractivity contribution in [2.24, 2.45) is 0 Å². The predicted octanol–water partition coefficient (Wildman–Crippen LogP) is 2.29. The van der Waals surface area contributed by atoms with Crippen molar-refractivity contribution in [3.05, 3.63) is 73.0 Å². The molecule has 0 aliphatic carbocycles. The molecular formula is C19H14N4O5S. The standard InChI is InChI=1S/C19H14N4O5S/c1-27-14-7-6-12(10-15(14)28-2)17-20-19-22(21-17)18(24)16(29-19)9-11-4-3-5-13(8-11)23(25)26/h3-10H,1-2H3/b16-9-. The third-order valence-electron chi connectivity index (χ3n) is 4.20. The quantitative estimate of drug-likeness (QED) is 0.367. The van der Waals surface area contributed by atoms with Crippen molar-refractivity contribution in [1.29, 1.82) is 0 Å². The lowest BCUT2D eigenvalue weighted by Gasteiger charge is -2.07. The normalized spacial score (nSPS) is 11.7. The molecule has 0 saturated heterocycles. The van der Waals surface area contributed by atoms with Crippen molar-refractivity contribution in [1.82, 2.24) is 14.6 Å². The number of benzene rings is 2. The van der Waals surface area contributed by atoms with Gasteiger partial charge in [-0.1, -0.05) is 23.5 Å². The number of thiazole rings is 1. The second-order valence-electron chi connectivity index (χ2n) is 5.97. The van der Waals surface area contributed by atoms with E-state index >= 15 is 0 Å². The van der Waals surface area contributed by atoms with Crippen LogP contribution in [0.25, 0.3) is 22.4 Å². The third-order valence-corrected chi connectivity index (χ3v) is 5.16. The smallest absolute Gasteiger partial charge is 0.291 e. The van der Waals surface area contributed by atoms with Crippen LogP contribution < -0.4 is 19.6 Å². The maximum absolute atomic E-state index is 12.7. The van der Waals surface area contributed by atoms with E-state index in [0.29, 0.717) is 37.9 Å². The number of ether oxygens (including phenoxy) is 2. The van der Waals surface area contributed by atoms with Gasteiger partial charge in [-0.2, -0.15) is 9.50 Å². The first kappa shape index (κ1) is 18.6. The summed E-state index contributed by atoms with van der Waals surface area (Å²) in [5, 5.41) is 15.2. The van der Waals surface area contributed by atoms with Gasteiger partial charge in [0.05, 0.1) is 23.7 Å². The van der Waals surface area contributed by atoms with Gasteiger partial charge in [0.15, 0.2) is 17.3 Å². The average molecular weight is 410 g/mol. The van der Waals surface area contributed by atoms with Crippen LogP contribution in [-0.2, 0) is 0 Å². The van der Waals surface area contributed by atoms with Crippen LogP contribution >= 0.6 is 11.3 Å². The monoisotopic (exact) mass is 410 g/mol. The molecule has 10 heteroatoms. The summed E-state index contributed by atoms with van der Waals surface area (Å²) in [5.74, 6) is 1.50. The molecule has 29 heavy (non-hydrogen) atoms. The zero-order valence-electron chi connectivity index (χ0n) is 15.4. The number of nitrogens with zero attached hydrogens (tertiary/aromatic N) is 4. The van der Waals surface area contributed by atoms with Gasteiger partial charge in [-0.15, -0.1) is 5.10 Å². The van der Waals surface area contributed by atoms with E-state index in [2.05, 4.69) is 10.1 Å². The number of non-ortho nitro benzene ring substituents is 1. The molecule has 4 rings (SSSR count). The van der Waals surface area contributed by atoms with Crippen molar-refractivity contribution in [3.8, 4) is 22.9 Å². The molecule has 0 aliphatic rings. The van der Waals surface area contributed by atoms with Crippen LogP contribution in [0.2, 0.25) is 0 Å². The topological polar surface area (TPSA) is 109 Å². The summed E-state index contributed by atoms with van der Waals surface area (Å²) < 4.78 is 12.1. The van der Waals surface area contributed by atoms with Gasteiger partial charge in [0, 0.05) is 17.7 Å². The van der Waals surface area contributed by atoms with Crippen molar-refractivity contribution >= 4 is 28.1 Å². The fourth-order valence-electron chi connectivity index (χ4n) is 2.81. The highest BCUT2D eigenvalue weighted by molar-refractivity contribution is 7.15. The van der Waals surface area contributed by atoms with Crippen molar-refractivity contribution in [2.45, 2.75) is 0 Å². The predicted molar refractivity (Wildman–Crippen MR) is 108 cm³/mol. The minimum Gasteiger partial charge on any atom is -0.493 e. The summed E-state index contributed by atoms with van der Waals surface area (Å²) in [5.41, 5.74) is 0.861. The van der Waals surface area contributed by atoms with E-state index < -0.39 is 4.92 Å². The number of aromatic nitrogens is 3. The molecule has 0 fully saturated rings. The molecular weight excluding hydrogens is 396 g/mol. The average Bonchev–Trinajstić information content (AvgIpc) is 3.27. The van der Waals surface area contributed by atoms with Gasteiger partial charge < -0.3 is 9.47 Å². The Kier molecular flexibility index (Phi) is 4.69.